The summed E-state index contributed by atoms with van der Waals surface area (Å²) in [5.41, 5.74) is 4.60. The molecule has 0 unspecified atom stereocenters. The Morgan fingerprint density at radius 2 is 2.03 bits per heavy atom. The summed E-state index contributed by atoms with van der Waals surface area (Å²) in [5.74, 6) is 0.845. The number of hydrogen-bond donors (Lipinski definition) is 3. The zero-order valence-corrected chi connectivity index (χ0v) is 18.8. The highest BCUT2D eigenvalue weighted by molar-refractivity contribution is 7.90. The number of aliphatic imine (C=N–C) groups is 1. The fourth-order valence-electron chi connectivity index (χ4n) is 4.51. The molecule has 1 atom stereocenters. The van der Waals surface area contributed by atoms with E-state index >= 15 is 0 Å². The SMILES string of the molecule is C[C@@H]1CCc2[nH]c3ccc(C(=O)Nc4cccc(S(=O)(=O)NC5=NCCC5)c4)cc3c2C1. The van der Waals surface area contributed by atoms with E-state index in [4.69, 9.17) is 0 Å². The van der Waals surface area contributed by atoms with Crippen LogP contribution in [0, 0.1) is 5.92 Å². The summed E-state index contributed by atoms with van der Waals surface area (Å²) in [6.07, 6.45) is 4.70. The second-order valence-electron chi connectivity index (χ2n) is 8.71. The first-order valence-electron chi connectivity index (χ1n) is 11.0. The molecule has 2 aliphatic rings. The molecule has 2 heterocycles. The lowest BCUT2D eigenvalue weighted by molar-refractivity contribution is 0.102. The van der Waals surface area contributed by atoms with Crippen LogP contribution in [0.4, 0.5) is 5.69 Å². The van der Waals surface area contributed by atoms with Crippen molar-refractivity contribution in [2.24, 2.45) is 10.9 Å². The molecule has 0 spiro atoms. The minimum Gasteiger partial charge on any atom is -0.358 e. The molecular weight excluding hydrogens is 424 g/mol. The first-order chi connectivity index (χ1) is 15.4. The Hall–Kier alpha value is -3.13. The number of aromatic nitrogens is 1. The number of anilines is 1. The number of amidine groups is 1. The van der Waals surface area contributed by atoms with Gasteiger partial charge in [-0.2, -0.15) is 0 Å². The Balaban J connectivity index is 1.38. The van der Waals surface area contributed by atoms with Crippen LogP contribution in [0.2, 0.25) is 0 Å². The molecule has 0 fully saturated rings. The zero-order valence-electron chi connectivity index (χ0n) is 17.9. The first-order valence-corrected chi connectivity index (χ1v) is 12.5. The van der Waals surface area contributed by atoms with Gasteiger partial charge in [0.1, 0.15) is 5.84 Å². The van der Waals surface area contributed by atoms with Gasteiger partial charge in [0.2, 0.25) is 0 Å². The van der Waals surface area contributed by atoms with E-state index in [1.54, 1.807) is 18.2 Å². The summed E-state index contributed by atoms with van der Waals surface area (Å²) in [7, 11) is -3.74. The van der Waals surface area contributed by atoms with Crippen molar-refractivity contribution in [3.8, 4) is 0 Å². The van der Waals surface area contributed by atoms with E-state index in [9.17, 15) is 13.2 Å². The lowest BCUT2D eigenvalue weighted by Crippen LogP contribution is -2.29. The molecule has 7 nitrogen and oxygen atoms in total. The number of benzene rings is 2. The summed E-state index contributed by atoms with van der Waals surface area (Å²) in [5, 5.41) is 3.93. The Morgan fingerprint density at radius 3 is 2.84 bits per heavy atom. The number of rotatable bonds is 4. The summed E-state index contributed by atoms with van der Waals surface area (Å²) >= 11 is 0. The molecule has 1 aromatic heterocycles. The number of fused-ring (bicyclic) bond motifs is 3. The van der Waals surface area contributed by atoms with E-state index in [0.29, 0.717) is 36.0 Å². The van der Waals surface area contributed by atoms with Crippen molar-refractivity contribution in [2.75, 3.05) is 11.9 Å². The quantitative estimate of drug-likeness (QED) is 0.559. The van der Waals surface area contributed by atoms with E-state index < -0.39 is 10.0 Å². The smallest absolute Gasteiger partial charge is 0.262 e. The van der Waals surface area contributed by atoms with Gasteiger partial charge in [0.15, 0.2) is 0 Å². The largest absolute Gasteiger partial charge is 0.358 e. The molecule has 32 heavy (non-hydrogen) atoms. The van der Waals surface area contributed by atoms with Crippen molar-refractivity contribution < 1.29 is 13.2 Å². The fourth-order valence-corrected chi connectivity index (χ4v) is 5.65. The van der Waals surface area contributed by atoms with E-state index in [1.807, 2.05) is 12.1 Å². The van der Waals surface area contributed by atoms with Gasteiger partial charge in [-0.3, -0.25) is 14.5 Å². The monoisotopic (exact) mass is 450 g/mol. The number of hydrogen-bond acceptors (Lipinski definition) is 4. The second kappa shape index (κ2) is 8.09. The summed E-state index contributed by atoms with van der Waals surface area (Å²) < 4.78 is 27.9. The lowest BCUT2D eigenvalue weighted by atomic mass is 9.87. The number of nitrogens with zero attached hydrogens (tertiary/aromatic N) is 1. The van der Waals surface area contributed by atoms with Gasteiger partial charge in [-0.05, 0) is 73.6 Å². The number of carbonyl (C=O) groups excluding carboxylic acids is 1. The number of amides is 1. The van der Waals surface area contributed by atoms with Crippen molar-refractivity contribution in [3.63, 3.8) is 0 Å². The Bertz CT molecular complexity index is 1340. The van der Waals surface area contributed by atoms with E-state index in [0.717, 1.165) is 30.2 Å². The number of aromatic amines is 1. The summed E-state index contributed by atoms with van der Waals surface area (Å²) in [6.45, 7) is 2.90. The van der Waals surface area contributed by atoms with Crippen LogP contribution in [0.5, 0.6) is 0 Å². The third-order valence-corrected chi connectivity index (χ3v) is 7.60. The molecule has 166 valence electrons. The molecule has 2 aromatic carbocycles. The van der Waals surface area contributed by atoms with Crippen LogP contribution < -0.4 is 10.0 Å². The fraction of sp³-hybridized carbons (Fsp3) is 0.333. The maximum Gasteiger partial charge on any atom is 0.262 e. The molecule has 3 N–H and O–H groups in total. The van der Waals surface area contributed by atoms with E-state index in [1.165, 1.54) is 29.8 Å². The van der Waals surface area contributed by atoms with Crippen LogP contribution in [0.1, 0.15) is 47.8 Å². The van der Waals surface area contributed by atoms with Crippen LogP contribution in [-0.4, -0.2) is 31.7 Å². The number of H-pyrrole nitrogens is 1. The van der Waals surface area contributed by atoms with Crippen molar-refractivity contribution in [3.05, 3.63) is 59.3 Å². The van der Waals surface area contributed by atoms with Gasteiger partial charge in [0.05, 0.1) is 4.90 Å². The Kier molecular flexibility index (Phi) is 5.25. The first kappa shape index (κ1) is 20.8. The van der Waals surface area contributed by atoms with Crippen molar-refractivity contribution in [1.29, 1.82) is 0 Å². The summed E-state index contributed by atoms with van der Waals surface area (Å²) in [4.78, 5) is 20.7. The molecule has 0 bridgehead atoms. The van der Waals surface area contributed by atoms with Gasteiger partial charge in [-0.25, -0.2) is 8.42 Å². The Morgan fingerprint density at radius 1 is 1.16 bits per heavy atom. The maximum absolute atomic E-state index is 12.9. The molecule has 1 amide bonds. The van der Waals surface area contributed by atoms with Crippen LogP contribution in [-0.2, 0) is 22.9 Å². The van der Waals surface area contributed by atoms with Gasteiger partial charge in [0, 0.05) is 40.8 Å². The predicted molar refractivity (Wildman–Crippen MR) is 126 cm³/mol. The third-order valence-electron chi connectivity index (χ3n) is 6.23. The topological polar surface area (TPSA) is 103 Å². The molecule has 8 heteroatoms. The number of sulfonamides is 1. The number of carbonyl (C=O) groups is 1. The molecule has 1 aliphatic carbocycles. The molecule has 5 rings (SSSR count). The van der Waals surface area contributed by atoms with Gasteiger partial charge in [-0.15, -0.1) is 0 Å². The molecule has 0 saturated carbocycles. The standard InChI is InChI=1S/C24H26N4O3S/c1-15-7-9-21-19(12-15)20-13-16(8-10-22(20)27-21)24(29)26-17-4-2-5-18(14-17)32(30,31)28-23-6-3-11-25-23/h2,4-5,8,10,13-15,27H,3,6-7,9,11-12H2,1H3,(H,25,28)(H,26,29)/t15-/m1/s1. The van der Waals surface area contributed by atoms with Gasteiger partial charge < -0.3 is 10.3 Å². The highest BCUT2D eigenvalue weighted by atomic mass is 32.2. The van der Waals surface area contributed by atoms with E-state index in [2.05, 4.69) is 26.9 Å². The highest BCUT2D eigenvalue weighted by Crippen LogP contribution is 2.32. The molecular formula is C24H26N4O3S. The second-order valence-corrected chi connectivity index (χ2v) is 10.4. The van der Waals surface area contributed by atoms with Crippen molar-refractivity contribution in [1.82, 2.24) is 9.71 Å². The van der Waals surface area contributed by atoms with Gasteiger partial charge in [0.25, 0.3) is 15.9 Å². The lowest BCUT2D eigenvalue weighted by Gasteiger charge is -2.18. The number of aryl methyl sites for hydroxylation is 1. The minimum absolute atomic E-state index is 0.0917. The molecule has 1 aliphatic heterocycles. The molecule has 3 aromatic rings. The van der Waals surface area contributed by atoms with Gasteiger partial charge in [-0.1, -0.05) is 13.0 Å². The molecule has 0 radical (unpaired) electrons. The van der Waals surface area contributed by atoms with Crippen LogP contribution >= 0.6 is 0 Å². The highest BCUT2D eigenvalue weighted by Gasteiger charge is 2.21. The average molecular weight is 451 g/mol. The van der Waals surface area contributed by atoms with Crippen molar-refractivity contribution in [2.45, 2.75) is 43.9 Å². The van der Waals surface area contributed by atoms with E-state index in [-0.39, 0.29) is 10.8 Å². The van der Waals surface area contributed by atoms with Crippen molar-refractivity contribution >= 4 is 38.4 Å². The maximum atomic E-state index is 12.9. The third kappa shape index (κ3) is 4.02. The van der Waals surface area contributed by atoms with Gasteiger partial charge >= 0.3 is 0 Å². The van der Waals surface area contributed by atoms with Crippen LogP contribution in [0.3, 0.4) is 0 Å². The van der Waals surface area contributed by atoms with Crippen LogP contribution in [0.15, 0.2) is 52.4 Å². The zero-order chi connectivity index (χ0) is 22.3. The predicted octanol–water partition coefficient (Wildman–Crippen LogP) is 4.02. The molecule has 0 saturated heterocycles. The summed E-state index contributed by atoms with van der Waals surface area (Å²) in [6, 6.07) is 11.9. The number of nitrogens with one attached hydrogen (secondary N) is 3. The average Bonchev–Trinajstić information content (AvgIpc) is 3.40. The minimum atomic E-state index is -3.74. The Labute approximate surface area is 187 Å². The van der Waals surface area contributed by atoms with Crippen LogP contribution in [0.25, 0.3) is 10.9 Å². The normalized spacial score (nSPS) is 18.3.